The maximum Gasteiger partial charge on any atom is 0.136 e. The molecule has 0 aliphatic rings. The van der Waals surface area contributed by atoms with Gasteiger partial charge in [0.2, 0.25) is 0 Å². The minimum absolute atomic E-state index is 0.171. The fourth-order valence-electron chi connectivity index (χ4n) is 1.52. The first-order valence-electron chi connectivity index (χ1n) is 6.18. The highest BCUT2D eigenvalue weighted by molar-refractivity contribution is 7.90. The largest absolute Gasteiger partial charge is 0.598 e. The number of rotatable bonds is 8. The number of allylic oxidation sites excluding steroid dienone is 1. The van der Waals surface area contributed by atoms with Crippen molar-refractivity contribution in [2.24, 2.45) is 5.92 Å². The van der Waals surface area contributed by atoms with E-state index in [1.165, 1.54) is 12.8 Å². The van der Waals surface area contributed by atoms with E-state index in [1.807, 2.05) is 26.8 Å². The van der Waals surface area contributed by atoms with Crippen LogP contribution in [0.1, 0.15) is 53.4 Å². The summed E-state index contributed by atoms with van der Waals surface area (Å²) in [6.07, 6.45) is 6.54. The summed E-state index contributed by atoms with van der Waals surface area (Å²) < 4.78 is 14.8. The van der Waals surface area contributed by atoms with Gasteiger partial charge in [0.25, 0.3) is 0 Å². The van der Waals surface area contributed by atoms with Crippen molar-refractivity contribution in [1.82, 2.24) is 4.72 Å². The second kappa shape index (κ2) is 8.15. The van der Waals surface area contributed by atoms with E-state index in [0.29, 0.717) is 5.92 Å². The van der Waals surface area contributed by atoms with Crippen molar-refractivity contribution in [1.29, 1.82) is 0 Å². The molecule has 96 valence electrons. The summed E-state index contributed by atoms with van der Waals surface area (Å²) in [6, 6.07) is 0. The Labute approximate surface area is 104 Å². The van der Waals surface area contributed by atoms with Gasteiger partial charge in [-0.15, -0.1) is 11.3 Å². The van der Waals surface area contributed by atoms with Gasteiger partial charge in [-0.05, 0) is 46.0 Å². The summed E-state index contributed by atoms with van der Waals surface area (Å²) in [5.74, 6) is 0.620. The van der Waals surface area contributed by atoms with E-state index < -0.39 is 11.4 Å². The molecule has 0 aromatic carbocycles. The molecule has 2 unspecified atom stereocenters. The second-order valence-electron chi connectivity index (χ2n) is 5.25. The van der Waals surface area contributed by atoms with Crippen molar-refractivity contribution in [3.63, 3.8) is 0 Å². The highest BCUT2D eigenvalue weighted by atomic mass is 32.2. The molecule has 0 amide bonds. The first-order chi connectivity index (χ1) is 7.41. The van der Waals surface area contributed by atoms with Crippen LogP contribution in [0.3, 0.4) is 0 Å². The summed E-state index contributed by atoms with van der Waals surface area (Å²) >= 11 is -0.943. The molecule has 0 saturated carbocycles. The molecule has 2 atom stereocenters. The van der Waals surface area contributed by atoms with Crippen LogP contribution >= 0.6 is 0 Å². The Bertz CT molecular complexity index is 189. The van der Waals surface area contributed by atoms with Gasteiger partial charge in [0, 0.05) is 17.9 Å². The van der Waals surface area contributed by atoms with E-state index in [4.69, 9.17) is 0 Å². The van der Waals surface area contributed by atoms with Crippen LogP contribution in [-0.2, 0) is 11.4 Å². The van der Waals surface area contributed by atoms with E-state index in [9.17, 15) is 4.55 Å². The normalized spacial score (nSPS) is 15.8. The molecule has 0 aliphatic carbocycles. The molecule has 0 bridgehead atoms. The van der Waals surface area contributed by atoms with Crippen LogP contribution in [0.15, 0.2) is 12.7 Å². The quantitative estimate of drug-likeness (QED) is 0.525. The first kappa shape index (κ1) is 16.0. The molecule has 0 aromatic heterocycles. The van der Waals surface area contributed by atoms with Crippen LogP contribution in [-0.4, -0.2) is 15.8 Å². The maximum atomic E-state index is 11.8. The highest BCUT2D eigenvalue weighted by Gasteiger charge is 2.26. The molecule has 0 radical (unpaired) electrons. The molecular weight excluding hydrogens is 218 g/mol. The number of hydrogen-bond acceptors (Lipinski definition) is 2. The van der Waals surface area contributed by atoms with E-state index in [2.05, 4.69) is 18.2 Å². The van der Waals surface area contributed by atoms with E-state index in [0.717, 1.165) is 19.4 Å². The van der Waals surface area contributed by atoms with E-state index in [1.54, 1.807) is 0 Å². The molecular formula is C13H27NOS. The third-order valence-electron chi connectivity index (χ3n) is 2.54. The van der Waals surface area contributed by atoms with E-state index in [-0.39, 0.29) is 4.75 Å². The maximum absolute atomic E-state index is 11.8. The SMILES string of the molecule is C=CCCC(CCC)CN[S+]([O-])C(C)(C)C. The third kappa shape index (κ3) is 7.31. The molecule has 0 rings (SSSR count). The topological polar surface area (TPSA) is 35.1 Å². The zero-order valence-electron chi connectivity index (χ0n) is 11.2. The van der Waals surface area contributed by atoms with Gasteiger partial charge < -0.3 is 4.55 Å². The Balaban J connectivity index is 3.95. The van der Waals surface area contributed by atoms with Crippen LogP contribution in [0.25, 0.3) is 0 Å². The lowest BCUT2D eigenvalue weighted by atomic mass is 9.98. The van der Waals surface area contributed by atoms with Crippen molar-refractivity contribution >= 4 is 11.4 Å². The molecule has 1 N–H and O–H groups in total. The van der Waals surface area contributed by atoms with Crippen molar-refractivity contribution in [2.45, 2.75) is 58.1 Å². The molecule has 0 saturated heterocycles. The molecule has 0 aromatic rings. The van der Waals surface area contributed by atoms with Gasteiger partial charge in [0.1, 0.15) is 4.75 Å². The van der Waals surface area contributed by atoms with Gasteiger partial charge in [-0.1, -0.05) is 19.4 Å². The lowest BCUT2D eigenvalue weighted by molar-refractivity contribution is 0.437. The van der Waals surface area contributed by atoms with Crippen LogP contribution in [0, 0.1) is 5.92 Å². The zero-order chi connectivity index (χ0) is 12.6. The zero-order valence-corrected chi connectivity index (χ0v) is 12.0. The molecule has 0 spiro atoms. The fraction of sp³-hybridized carbons (Fsp3) is 0.846. The Morgan fingerprint density at radius 3 is 2.44 bits per heavy atom. The molecule has 0 heterocycles. The predicted octanol–water partition coefficient (Wildman–Crippen LogP) is 3.42. The molecule has 3 heteroatoms. The third-order valence-corrected chi connectivity index (χ3v) is 4.08. The first-order valence-corrected chi connectivity index (χ1v) is 7.33. The number of nitrogens with one attached hydrogen (secondary N) is 1. The molecule has 0 aliphatic heterocycles. The Hall–Kier alpha value is 0.01000. The molecule has 2 nitrogen and oxygen atoms in total. The van der Waals surface area contributed by atoms with Crippen LogP contribution in [0.2, 0.25) is 0 Å². The lowest BCUT2D eigenvalue weighted by Crippen LogP contribution is -2.41. The van der Waals surface area contributed by atoms with Gasteiger partial charge in [-0.2, -0.15) is 0 Å². The Morgan fingerprint density at radius 1 is 1.38 bits per heavy atom. The lowest BCUT2D eigenvalue weighted by Gasteiger charge is -2.25. The second-order valence-corrected chi connectivity index (χ2v) is 7.30. The summed E-state index contributed by atoms with van der Waals surface area (Å²) in [7, 11) is 0. The van der Waals surface area contributed by atoms with Gasteiger partial charge in [-0.3, -0.25) is 0 Å². The van der Waals surface area contributed by atoms with Crippen LogP contribution in [0.5, 0.6) is 0 Å². The highest BCUT2D eigenvalue weighted by Crippen LogP contribution is 2.16. The molecule has 16 heavy (non-hydrogen) atoms. The van der Waals surface area contributed by atoms with Gasteiger partial charge in [0.15, 0.2) is 0 Å². The fourth-order valence-corrected chi connectivity index (χ4v) is 2.34. The monoisotopic (exact) mass is 245 g/mol. The van der Waals surface area contributed by atoms with Crippen LogP contribution < -0.4 is 4.72 Å². The van der Waals surface area contributed by atoms with E-state index >= 15 is 0 Å². The van der Waals surface area contributed by atoms with Crippen LogP contribution in [0.4, 0.5) is 0 Å². The number of hydrogen-bond donors (Lipinski definition) is 1. The van der Waals surface area contributed by atoms with Gasteiger partial charge >= 0.3 is 0 Å². The van der Waals surface area contributed by atoms with Crippen molar-refractivity contribution in [3.05, 3.63) is 12.7 Å². The standard InChI is InChI=1S/C13H27NOS/c1-6-8-10-12(9-7-2)11-14-16(15)13(3,4)5/h6,12,14H,1,7-11H2,2-5H3. The molecule has 0 fully saturated rings. The average Bonchev–Trinajstić information content (AvgIpc) is 2.20. The Kier molecular flexibility index (Phi) is 8.16. The average molecular weight is 245 g/mol. The van der Waals surface area contributed by atoms with Gasteiger partial charge in [0.05, 0.1) is 0 Å². The van der Waals surface area contributed by atoms with Crippen molar-refractivity contribution in [2.75, 3.05) is 6.54 Å². The Morgan fingerprint density at radius 2 is 2.00 bits per heavy atom. The minimum atomic E-state index is -0.943. The van der Waals surface area contributed by atoms with Crippen molar-refractivity contribution < 1.29 is 4.55 Å². The summed E-state index contributed by atoms with van der Waals surface area (Å²) in [5.41, 5.74) is 0. The summed E-state index contributed by atoms with van der Waals surface area (Å²) in [6.45, 7) is 12.8. The summed E-state index contributed by atoms with van der Waals surface area (Å²) in [4.78, 5) is 0. The van der Waals surface area contributed by atoms with Crippen molar-refractivity contribution in [3.8, 4) is 0 Å². The minimum Gasteiger partial charge on any atom is -0.598 e. The van der Waals surface area contributed by atoms with Gasteiger partial charge in [-0.25, -0.2) is 0 Å². The smallest absolute Gasteiger partial charge is 0.136 e. The summed E-state index contributed by atoms with van der Waals surface area (Å²) in [5, 5.41) is 0. The predicted molar refractivity (Wildman–Crippen MR) is 73.7 cm³/mol.